The van der Waals surface area contributed by atoms with E-state index in [1.807, 2.05) is 12.1 Å². The Morgan fingerprint density at radius 1 is 1.30 bits per heavy atom. The number of carbonyl (C=O) groups excluding carboxylic acids is 1. The highest BCUT2D eigenvalue weighted by atomic mass is 35.5. The molecule has 0 unspecified atom stereocenters. The van der Waals surface area contributed by atoms with Crippen molar-refractivity contribution in [1.82, 2.24) is 9.97 Å². The van der Waals surface area contributed by atoms with Gasteiger partial charge in [-0.2, -0.15) is 0 Å². The SMILES string of the molecule is Cc1nc(-c2ccccn2)sc1C(=O)Nc1cc(Cl)ccc1F. The second-order valence-corrected chi connectivity index (χ2v) is 6.16. The largest absolute Gasteiger partial charge is 0.319 e. The van der Waals surface area contributed by atoms with Gasteiger partial charge in [0.05, 0.1) is 17.1 Å². The fourth-order valence-corrected chi connectivity index (χ4v) is 3.09. The van der Waals surface area contributed by atoms with E-state index in [1.54, 1.807) is 19.2 Å². The fraction of sp³-hybridized carbons (Fsp3) is 0.0625. The number of carbonyl (C=O) groups is 1. The zero-order valence-corrected chi connectivity index (χ0v) is 13.6. The maximum Gasteiger partial charge on any atom is 0.267 e. The van der Waals surface area contributed by atoms with Gasteiger partial charge in [0.1, 0.15) is 15.7 Å². The standard InChI is InChI=1S/C16H11ClFN3OS/c1-9-14(23-16(20-9)12-4-2-3-7-19-12)15(22)21-13-8-10(17)5-6-11(13)18/h2-8H,1H3,(H,21,22). The molecular formula is C16H11ClFN3OS. The summed E-state index contributed by atoms with van der Waals surface area (Å²) in [5, 5.41) is 3.51. The van der Waals surface area contributed by atoms with Crippen LogP contribution in [0.4, 0.5) is 10.1 Å². The lowest BCUT2D eigenvalue weighted by atomic mass is 10.3. The summed E-state index contributed by atoms with van der Waals surface area (Å²) >= 11 is 7.03. The first-order valence-corrected chi connectivity index (χ1v) is 7.89. The van der Waals surface area contributed by atoms with Crippen LogP contribution in [0.25, 0.3) is 10.7 Å². The summed E-state index contributed by atoms with van der Waals surface area (Å²) in [6.07, 6.45) is 1.66. The Balaban J connectivity index is 1.88. The minimum Gasteiger partial charge on any atom is -0.319 e. The second-order valence-electron chi connectivity index (χ2n) is 4.73. The van der Waals surface area contributed by atoms with Crippen molar-refractivity contribution in [2.24, 2.45) is 0 Å². The molecule has 2 heterocycles. The third-order valence-electron chi connectivity index (χ3n) is 3.06. The third kappa shape index (κ3) is 3.38. The number of amides is 1. The molecule has 116 valence electrons. The Labute approximate surface area is 141 Å². The molecule has 23 heavy (non-hydrogen) atoms. The molecule has 4 nitrogen and oxygen atoms in total. The summed E-state index contributed by atoms with van der Waals surface area (Å²) < 4.78 is 13.7. The van der Waals surface area contributed by atoms with Gasteiger partial charge in [-0.15, -0.1) is 11.3 Å². The van der Waals surface area contributed by atoms with Crippen LogP contribution in [0, 0.1) is 12.7 Å². The van der Waals surface area contributed by atoms with E-state index >= 15 is 0 Å². The lowest BCUT2D eigenvalue weighted by Gasteiger charge is -2.05. The van der Waals surface area contributed by atoms with E-state index in [2.05, 4.69) is 15.3 Å². The van der Waals surface area contributed by atoms with Gasteiger partial charge in [-0.25, -0.2) is 9.37 Å². The highest BCUT2D eigenvalue weighted by Crippen LogP contribution is 2.28. The Morgan fingerprint density at radius 2 is 2.13 bits per heavy atom. The predicted molar refractivity (Wildman–Crippen MR) is 89.4 cm³/mol. The van der Waals surface area contributed by atoms with Crippen LogP contribution in [0.3, 0.4) is 0 Å². The van der Waals surface area contributed by atoms with Crippen molar-refractivity contribution in [2.75, 3.05) is 5.32 Å². The third-order valence-corrected chi connectivity index (χ3v) is 4.48. The number of anilines is 1. The molecule has 3 aromatic rings. The van der Waals surface area contributed by atoms with Crippen LogP contribution < -0.4 is 5.32 Å². The second kappa shape index (κ2) is 6.44. The highest BCUT2D eigenvalue weighted by Gasteiger charge is 2.18. The van der Waals surface area contributed by atoms with Crippen molar-refractivity contribution in [1.29, 1.82) is 0 Å². The number of halogens is 2. The molecule has 0 fully saturated rings. The summed E-state index contributed by atoms with van der Waals surface area (Å²) in [5.41, 5.74) is 1.29. The quantitative estimate of drug-likeness (QED) is 0.755. The molecule has 0 atom stereocenters. The molecule has 0 saturated carbocycles. The molecule has 0 aliphatic carbocycles. The average Bonchev–Trinajstić information content (AvgIpc) is 2.94. The van der Waals surface area contributed by atoms with Crippen molar-refractivity contribution in [3.63, 3.8) is 0 Å². The number of nitrogens with zero attached hydrogens (tertiary/aromatic N) is 2. The first-order valence-electron chi connectivity index (χ1n) is 6.70. The number of nitrogens with one attached hydrogen (secondary N) is 1. The fourth-order valence-electron chi connectivity index (χ4n) is 1.98. The van der Waals surface area contributed by atoms with Gasteiger partial charge < -0.3 is 5.32 Å². The summed E-state index contributed by atoms with van der Waals surface area (Å²) in [7, 11) is 0. The topological polar surface area (TPSA) is 54.9 Å². The van der Waals surface area contributed by atoms with Crippen LogP contribution in [-0.4, -0.2) is 15.9 Å². The molecule has 2 aromatic heterocycles. The van der Waals surface area contributed by atoms with Gasteiger partial charge in [0, 0.05) is 11.2 Å². The van der Waals surface area contributed by atoms with Gasteiger partial charge in [-0.1, -0.05) is 17.7 Å². The zero-order chi connectivity index (χ0) is 16.4. The van der Waals surface area contributed by atoms with Crippen LogP contribution >= 0.6 is 22.9 Å². The molecule has 7 heteroatoms. The summed E-state index contributed by atoms with van der Waals surface area (Å²) in [6.45, 7) is 1.73. The molecule has 0 aliphatic rings. The van der Waals surface area contributed by atoms with Gasteiger partial charge in [-0.05, 0) is 37.3 Å². The van der Waals surface area contributed by atoms with Crippen LogP contribution in [0.5, 0.6) is 0 Å². The van der Waals surface area contributed by atoms with E-state index in [9.17, 15) is 9.18 Å². The number of thiazole rings is 1. The number of benzene rings is 1. The molecule has 0 aliphatic heterocycles. The van der Waals surface area contributed by atoms with Crippen molar-refractivity contribution < 1.29 is 9.18 Å². The Morgan fingerprint density at radius 3 is 2.87 bits per heavy atom. The van der Waals surface area contributed by atoms with Gasteiger partial charge in [0.25, 0.3) is 5.91 Å². The van der Waals surface area contributed by atoms with Crippen LogP contribution in [0.15, 0.2) is 42.6 Å². The number of aryl methyl sites for hydroxylation is 1. The van der Waals surface area contributed by atoms with E-state index < -0.39 is 11.7 Å². The molecule has 3 rings (SSSR count). The Kier molecular flexibility index (Phi) is 4.36. The van der Waals surface area contributed by atoms with E-state index in [1.165, 1.54) is 29.5 Å². The van der Waals surface area contributed by atoms with Crippen molar-refractivity contribution in [3.05, 3.63) is 64.0 Å². The van der Waals surface area contributed by atoms with Crippen LogP contribution in [0.2, 0.25) is 5.02 Å². The van der Waals surface area contributed by atoms with E-state index in [4.69, 9.17) is 11.6 Å². The highest BCUT2D eigenvalue weighted by molar-refractivity contribution is 7.17. The van der Waals surface area contributed by atoms with Gasteiger partial charge in [0.2, 0.25) is 0 Å². The van der Waals surface area contributed by atoms with E-state index in [0.717, 1.165) is 0 Å². The number of aromatic nitrogens is 2. The van der Waals surface area contributed by atoms with Crippen LogP contribution in [0.1, 0.15) is 15.4 Å². The van der Waals surface area contributed by atoms with E-state index in [-0.39, 0.29) is 5.69 Å². The number of pyridine rings is 1. The zero-order valence-electron chi connectivity index (χ0n) is 12.0. The minimum absolute atomic E-state index is 0.0367. The van der Waals surface area contributed by atoms with Gasteiger partial charge in [0.15, 0.2) is 0 Å². The first kappa shape index (κ1) is 15.6. The Hall–Kier alpha value is -2.31. The monoisotopic (exact) mass is 347 g/mol. The van der Waals surface area contributed by atoms with Gasteiger partial charge in [-0.3, -0.25) is 9.78 Å². The lowest BCUT2D eigenvalue weighted by Crippen LogP contribution is -2.12. The lowest BCUT2D eigenvalue weighted by molar-refractivity contribution is 0.102. The average molecular weight is 348 g/mol. The summed E-state index contributed by atoms with van der Waals surface area (Å²) in [4.78, 5) is 21.3. The van der Waals surface area contributed by atoms with Gasteiger partial charge >= 0.3 is 0 Å². The van der Waals surface area contributed by atoms with Crippen LogP contribution in [-0.2, 0) is 0 Å². The first-order chi connectivity index (χ1) is 11.0. The minimum atomic E-state index is -0.546. The van der Waals surface area contributed by atoms with Crippen molar-refractivity contribution in [3.8, 4) is 10.7 Å². The summed E-state index contributed by atoms with van der Waals surface area (Å²) in [6, 6.07) is 9.46. The molecule has 0 radical (unpaired) electrons. The van der Waals surface area contributed by atoms with Crippen molar-refractivity contribution in [2.45, 2.75) is 6.92 Å². The molecular weight excluding hydrogens is 337 g/mol. The number of hydrogen-bond acceptors (Lipinski definition) is 4. The molecule has 0 bridgehead atoms. The smallest absolute Gasteiger partial charge is 0.267 e. The maximum atomic E-state index is 13.7. The van der Waals surface area contributed by atoms with E-state index in [0.29, 0.717) is 26.3 Å². The summed E-state index contributed by atoms with van der Waals surface area (Å²) in [5.74, 6) is -0.974. The molecule has 1 amide bonds. The maximum absolute atomic E-state index is 13.7. The molecule has 1 aromatic carbocycles. The Bertz CT molecular complexity index is 867. The number of rotatable bonds is 3. The predicted octanol–water partition coefficient (Wildman–Crippen LogP) is 4.56. The molecule has 0 spiro atoms. The number of hydrogen-bond donors (Lipinski definition) is 1. The molecule has 1 N–H and O–H groups in total. The normalized spacial score (nSPS) is 10.6. The molecule has 0 saturated heterocycles. The van der Waals surface area contributed by atoms with Crippen molar-refractivity contribution >= 4 is 34.5 Å².